The topological polar surface area (TPSA) is 78.4 Å². The molecule has 36 heavy (non-hydrogen) atoms. The van der Waals surface area contributed by atoms with E-state index in [0.717, 1.165) is 43.5 Å². The van der Waals surface area contributed by atoms with Crippen molar-refractivity contribution in [1.29, 1.82) is 0 Å². The Labute approximate surface area is 208 Å². The number of piperidine rings is 1. The van der Waals surface area contributed by atoms with Gasteiger partial charge in [0.25, 0.3) is 0 Å². The Bertz CT molecular complexity index is 1180. The molecule has 3 aliphatic rings. The van der Waals surface area contributed by atoms with Crippen molar-refractivity contribution < 1.29 is 28.7 Å². The predicted molar refractivity (Wildman–Crippen MR) is 131 cm³/mol. The molecule has 5 rings (SSSR count). The Morgan fingerprint density at radius 2 is 1.72 bits per heavy atom. The van der Waals surface area contributed by atoms with Crippen molar-refractivity contribution in [2.24, 2.45) is 0 Å². The van der Waals surface area contributed by atoms with Crippen LogP contribution in [0.2, 0.25) is 0 Å². The Kier molecular flexibility index (Phi) is 5.88. The molecule has 0 bridgehead atoms. The van der Waals surface area contributed by atoms with E-state index in [-0.39, 0.29) is 12.5 Å². The van der Waals surface area contributed by atoms with Crippen LogP contribution in [0.25, 0.3) is 0 Å². The number of halogens is 5. The van der Waals surface area contributed by atoms with Gasteiger partial charge in [-0.1, -0.05) is 31.6 Å². The van der Waals surface area contributed by atoms with Crippen molar-refractivity contribution in [2.75, 3.05) is 35.7 Å². The van der Waals surface area contributed by atoms with Gasteiger partial charge in [0.1, 0.15) is 15.6 Å². The van der Waals surface area contributed by atoms with Gasteiger partial charge in [-0.2, -0.15) is 4.98 Å². The summed E-state index contributed by atoms with van der Waals surface area (Å²) in [6.45, 7) is 1.04. The molecule has 0 unspecified atom stereocenters. The van der Waals surface area contributed by atoms with Gasteiger partial charge in [0.05, 0.1) is 28.6 Å². The molecule has 1 atom stereocenters. The van der Waals surface area contributed by atoms with Crippen LogP contribution in [-0.2, 0) is 17.2 Å². The van der Waals surface area contributed by atoms with E-state index in [9.17, 15) is 28.7 Å². The lowest BCUT2D eigenvalue weighted by atomic mass is 9.77. The first-order valence-corrected chi connectivity index (χ1v) is 15.3. The van der Waals surface area contributed by atoms with Gasteiger partial charge in [0.2, 0.25) is 5.95 Å². The van der Waals surface area contributed by atoms with Crippen LogP contribution in [0.4, 0.5) is 31.2 Å². The second-order valence-electron chi connectivity index (χ2n) is 10.0. The minimum atomic E-state index is -9.68. The number of aliphatic hydroxyl groups excluding tert-OH is 1. The number of benzene rings is 1. The van der Waals surface area contributed by atoms with Crippen LogP contribution in [0.3, 0.4) is 0 Å². The molecule has 1 aromatic heterocycles. The fourth-order valence-electron chi connectivity index (χ4n) is 5.18. The molecule has 2 aliphatic heterocycles. The number of rotatable bonds is 6. The van der Waals surface area contributed by atoms with E-state index in [4.69, 9.17) is 9.97 Å². The predicted octanol–water partition coefficient (Wildman–Crippen LogP) is 5.90. The molecule has 2 aromatic rings. The molecule has 3 heterocycles. The molecule has 1 aliphatic carbocycles. The minimum absolute atomic E-state index is 0.0417. The SMILES string of the molecule is O=[S@@]1CCCc2nc(N3CCC(c4ccc(S(F)(F)(F)(F)F)cc4)CC3)nc(NC3(CO)CCC3)c21. The lowest BCUT2D eigenvalue weighted by Gasteiger charge is -2.42. The number of aromatic nitrogens is 2. The standard InChI is InChI=1S/C23H29F5N4O2S2/c24-36(25,26,27,28)18-6-4-16(5-7-18)17-8-12-32(13-9-17)22-29-19-3-1-14-35(34)20(19)21(30-22)31-23(15-33)10-2-11-23/h4-7,17,33H,1-3,8-15H2,(H,29,30,31)/t35-/m1/s1. The maximum absolute atomic E-state index is 13.0. The maximum atomic E-state index is 13.0. The van der Waals surface area contributed by atoms with E-state index in [0.29, 0.717) is 72.5 Å². The van der Waals surface area contributed by atoms with Gasteiger partial charge in [-0.25, -0.2) is 4.98 Å². The number of anilines is 2. The summed E-state index contributed by atoms with van der Waals surface area (Å²) in [5, 5.41) is 13.3. The molecule has 1 saturated heterocycles. The zero-order valence-corrected chi connectivity index (χ0v) is 21.2. The summed E-state index contributed by atoms with van der Waals surface area (Å²) in [7, 11) is -10.9. The van der Waals surface area contributed by atoms with Crippen molar-refractivity contribution >= 4 is 32.8 Å². The molecule has 200 valence electrons. The molecule has 2 N–H and O–H groups in total. The van der Waals surface area contributed by atoms with E-state index in [1.54, 1.807) is 0 Å². The molecule has 0 radical (unpaired) electrons. The number of fused-ring (bicyclic) bond motifs is 1. The van der Waals surface area contributed by atoms with E-state index < -0.39 is 31.5 Å². The van der Waals surface area contributed by atoms with Crippen molar-refractivity contribution in [3.63, 3.8) is 0 Å². The zero-order chi connectivity index (χ0) is 25.8. The smallest absolute Gasteiger partial charge is 0.310 e. The summed E-state index contributed by atoms with van der Waals surface area (Å²) < 4.78 is 78.0. The Morgan fingerprint density at radius 1 is 1.06 bits per heavy atom. The molecule has 0 spiro atoms. The number of aryl methyl sites for hydroxylation is 1. The van der Waals surface area contributed by atoms with Crippen LogP contribution in [0.1, 0.15) is 55.7 Å². The fraction of sp³-hybridized carbons (Fsp3) is 0.565. The highest BCUT2D eigenvalue weighted by Gasteiger charge is 2.65. The van der Waals surface area contributed by atoms with Crippen LogP contribution in [-0.4, -0.2) is 50.3 Å². The van der Waals surface area contributed by atoms with Crippen LogP contribution in [0.5, 0.6) is 0 Å². The lowest BCUT2D eigenvalue weighted by molar-refractivity contribution is 0.143. The largest absolute Gasteiger partial charge is 0.394 e. The summed E-state index contributed by atoms with van der Waals surface area (Å²) in [5.41, 5.74) is 0.877. The second kappa shape index (κ2) is 8.26. The lowest BCUT2D eigenvalue weighted by Crippen LogP contribution is -2.49. The highest BCUT2D eigenvalue weighted by Crippen LogP contribution is 3.02. The third kappa shape index (κ3) is 5.06. The van der Waals surface area contributed by atoms with Gasteiger partial charge >= 0.3 is 10.2 Å². The molecule has 2 fully saturated rings. The number of nitrogens with zero attached hydrogens (tertiary/aromatic N) is 3. The van der Waals surface area contributed by atoms with E-state index in [2.05, 4.69) is 5.32 Å². The van der Waals surface area contributed by atoms with Crippen molar-refractivity contribution in [3.05, 3.63) is 35.5 Å². The molecule has 1 aromatic carbocycles. The average Bonchev–Trinajstić information content (AvgIpc) is 2.80. The van der Waals surface area contributed by atoms with Gasteiger partial charge in [0.15, 0.2) is 0 Å². The first kappa shape index (κ1) is 25.7. The summed E-state index contributed by atoms with van der Waals surface area (Å²) in [5.74, 6) is 1.49. The highest BCUT2D eigenvalue weighted by molar-refractivity contribution is 8.45. The summed E-state index contributed by atoms with van der Waals surface area (Å²) in [4.78, 5) is 10.2. The van der Waals surface area contributed by atoms with E-state index in [1.165, 1.54) is 0 Å². The minimum Gasteiger partial charge on any atom is -0.394 e. The van der Waals surface area contributed by atoms with E-state index >= 15 is 0 Å². The van der Waals surface area contributed by atoms with Gasteiger partial charge in [-0.15, -0.1) is 0 Å². The van der Waals surface area contributed by atoms with Crippen LogP contribution < -0.4 is 10.2 Å². The van der Waals surface area contributed by atoms with Crippen LogP contribution >= 0.6 is 10.2 Å². The second-order valence-corrected chi connectivity index (χ2v) is 13.9. The third-order valence-electron chi connectivity index (χ3n) is 7.47. The monoisotopic (exact) mass is 552 g/mol. The number of hydrogen-bond donors (Lipinski definition) is 2. The first-order chi connectivity index (χ1) is 16.8. The van der Waals surface area contributed by atoms with E-state index in [1.807, 2.05) is 4.90 Å². The Morgan fingerprint density at radius 3 is 2.28 bits per heavy atom. The molecule has 13 heteroatoms. The molecular weight excluding hydrogens is 523 g/mol. The van der Waals surface area contributed by atoms with Crippen LogP contribution in [0, 0.1) is 0 Å². The fourth-order valence-corrected chi connectivity index (χ4v) is 7.16. The number of aliphatic hydroxyl groups is 1. The number of hydrogen-bond acceptors (Lipinski definition) is 6. The average molecular weight is 553 g/mol. The summed E-state index contributed by atoms with van der Waals surface area (Å²) >= 11 is 0. The maximum Gasteiger partial charge on any atom is 0.310 e. The zero-order valence-electron chi connectivity index (χ0n) is 19.6. The van der Waals surface area contributed by atoms with Gasteiger partial charge in [0, 0.05) is 18.8 Å². The molecule has 6 nitrogen and oxygen atoms in total. The third-order valence-corrected chi connectivity index (χ3v) is 10.2. The van der Waals surface area contributed by atoms with Crippen molar-refractivity contribution in [2.45, 2.75) is 66.2 Å². The van der Waals surface area contributed by atoms with Gasteiger partial charge in [-0.3, -0.25) is 4.21 Å². The number of nitrogens with one attached hydrogen (secondary N) is 1. The van der Waals surface area contributed by atoms with Crippen molar-refractivity contribution in [3.8, 4) is 0 Å². The van der Waals surface area contributed by atoms with Crippen LogP contribution in [0.15, 0.2) is 34.1 Å². The molecule has 0 amide bonds. The van der Waals surface area contributed by atoms with Gasteiger partial charge in [-0.05, 0) is 68.6 Å². The highest BCUT2D eigenvalue weighted by atomic mass is 32.5. The van der Waals surface area contributed by atoms with Gasteiger partial charge < -0.3 is 15.3 Å². The van der Waals surface area contributed by atoms with Crippen molar-refractivity contribution in [1.82, 2.24) is 9.97 Å². The first-order valence-electron chi connectivity index (χ1n) is 12.0. The normalized spacial score (nSPS) is 24.3. The molecule has 1 saturated carbocycles. The summed E-state index contributed by atoms with van der Waals surface area (Å²) in [6, 6.07) is 3.25. The summed E-state index contributed by atoms with van der Waals surface area (Å²) in [6.07, 6.45) is 5.25. The Balaban J connectivity index is 1.34. The molecular formula is C23H29F5N4O2S2. The Hall–Kier alpha value is -1.99. The quantitative estimate of drug-likeness (QED) is 0.435.